The van der Waals surface area contributed by atoms with Crippen LogP contribution in [-0.4, -0.2) is 43.0 Å². The Hall–Kier alpha value is -1.49. The summed E-state index contributed by atoms with van der Waals surface area (Å²) in [6.07, 6.45) is 2.27. The molecule has 1 aromatic heterocycles. The number of nitrogens with zero attached hydrogens (tertiary/aromatic N) is 1. The number of aliphatic hydroxyl groups is 1. The molecular weight excluding hydrogens is 240 g/mol. The van der Waals surface area contributed by atoms with Crippen molar-refractivity contribution < 1.29 is 9.84 Å². The van der Waals surface area contributed by atoms with Crippen LogP contribution in [0.3, 0.4) is 0 Å². The number of pyridine rings is 1. The maximum Gasteiger partial charge on any atom is 0.0897 e. The van der Waals surface area contributed by atoms with Crippen LogP contribution in [0.1, 0.15) is 5.56 Å². The molecule has 0 fully saturated rings. The van der Waals surface area contributed by atoms with Gasteiger partial charge < -0.3 is 15.2 Å². The Bertz CT molecular complexity index is 511. The average Bonchev–Trinajstić information content (AvgIpc) is 2.44. The Morgan fingerprint density at radius 3 is 3.00 bits per heavy atom. The Labute approximate surface area is 113 Å². The van der Waals surface area contributed by atoms with Crippen LogP contribution in [0.15, 0.2) is 36.5 Å². The van der Waals surface area contributed by atoms with Gasteiger partial charge in [-0.05, 0) is 24.6 Å². The highest BCUT2D eigenvalue weighted by Gasteiger charge is 2.04. The van der Waals surface area contributed by atoms with Gasteiger partial charge in [0.2, 0.25) is 0 Å². The van der Waals surface area contributed by atoms with E-state index in [2.05, 4.69) is 34.6 Å². The normalized spacial score (nSPS) is 12.7. The fourth-order valence-corrected chi connectivity index (χ4v) is 2.11. The third-order valence-electron chi connectivity index (χ3n) is 3.03. The quantitative estimate of drug-likeness (QED) is 0.738. The molecule has 1 aromatic carbocycles. The summed E-state index contributed by atoms with van der Waals surface area (Å²) in [4.78, 5) is 4.43. The van der Waals surface area contributed by atoms with Crippen LogP contribution in [0, 0.1) is 0 Å². The average molecular weight is 260 g/mol. The zero-order chi connectivity index (χ0) is 13.5. The summed E-state index contributed by atoms with van der Waals surface area (Å²) in [6, 6.07) is 10.2. The molecule has 4 heteroatoms. The molecule has 0 saturated carbocycles. The predicted octanol–water partition coefficient (Wildman–Crippen LogP) is 1.37. The molecule has 2 N–H and O–H groups in total. The number of aliphatic hydroxyl groups excluding tert-OH is 1. The lowest BCUT2D eigenvalue weighted by molar-refractivity contribution is 0.0648. The zero-order valence-electron chi connectivity index (χ0n) is 11.2. The number of aromatic nitrogens is 1. The van der Waals surface area contributed by atoms with Crippen LogP contribution in [0.25, 0.3) is 10.9 Å². The summed E-state index contributed by atoms with van der Waals surface area (Å²) in [5, 5.41) is 13.9. The van der Waals surface area contributed by atoms with Crippen molar-refractivity contribution in [1.29, 1.82) is 0 Å². The minimum absolute atomic E-state index is 0.364. The molecule has 19 heavy (non-hydrogen) atoms. The number of para-hydroxylation sites is 1. The topological polar surface area (TPSA) is 54.4 Å². The van der Waals surface area contributed by atoms with Gasteiger partial charge in [0.25, 0.3) is 0 Å². The molecule has 2 aromatic rings. The van der Waals surface area contributed by atoms with Crippen molar-refractivity contribution in [2.24, 2.45) is 0 Å². The van der Waals surface area contributed by atoms with Gasteiger partial charge in [0, 0.05) is 25.2 Å². The third kappa shape index (κ3) is 3.99. The molecule has 0 aliphatic rings. The van der Waals surface area contributed by atoms with E-state index in [1.807, 2.05) is 12.3 Å². The van der Waals surface area contributed by atoms with E-state index in [0.717, 1.165) is 18.5 Å². The van der Waals surface area contributed by atoms with Crippen LogP contribution in [0.2, 0.25) is 0 Å². The molecule has 0 aliphatic heterocycles. The predicted molar refractivity (Wildman–Crippen MR) is 76.2 cm³/mol. The van der Waals surface area contributed by atoms with Gasteiger partial charge in [-0.15, -0.1) is 0 Å². The lowest BCUT2D eigenvalue weighted by atomic mass is 10.1. The molecule has 0 aliphatic carbocycles. The van der Waals surface area contributed by atoms with E-state index in [-0.39, 0.29) is 0 Å². The molecule has 1 unspecified atom stereocenters. The minimum Gasteiger partial charge on any atom is -0.389 e. The molecule has 0 amide bonds. The summed E-state index contributed by atoms with van der Waals surface area (Å²) in [7, 11) is 1.59. The van der Waals surface area contributed by atoms with Gasteiger partial charge in [-0.1, -0.05) is 24.3 Å². The van der Waals surface area contributed by atoms with Crippen LogP contribution < -0.4 is 5.32 Å². The first-order valence-corrected chi connectivity index (χ1v) is 6.51. The number of fused-ring (bicyclic) bond motifs is 1. The van der Waals surface area contributed by atoms with Gasteiger partial charge in [0.15, 0.2) is 0 Å². The second-order valence-electron chi connectivity index (χ2n) is 4.56. The van der Waals surface area contributed by atoms with Crippen LogP contribution >= 0.6 is 0 Å². The fourth-order valence-electron chi connectivity index (χ4n) is 2.11. The van der Waals surface area contributed by atoms with E-state index in [1.165, 1.54) is 10.9 Å². The zero-order valence-corrected chi connectivity index (χ0v) is 11.2. The maximum absolute atomic E-state index is 9.52. The molecule has 0 saturated heterocycles. The summed E-state index contributed by atoms with van der Waals surface area (Å²) >= 11 is 0. The highest BCUT2D eigenvalue weighted by molar-refractivity contribution is 5.81. The Morgan fingerprint density at radius 2 is 2.16 bits per heavy atom. The lowest BCUT2D eigenvalue weighted by Gasteiger charge is -2.11. The second-order valence-corrected chi connectivity index (χ2v) is 4.56. The van der Waals surface area contributed by atoms with Crippen molar-refractivity contribution in [2.45, 2.75) is 12.5 Å². The van der Waals surface area contributed by atoms with Gasteiger partial charge in [-0.3, -0.25) is 4.98 Å². The summed E-state index contributed by atoms with van der Waals surface area (Å²) in [5.41, 5.74) is 2.29. The summed E-state index contributed by atoms with van der Waals surface area (Å²) < 4.78 is 4.88. The number of nitrogens with one attached hydrogen (secondary N) is 1. The van der Waals surface area contributed by atoms with Crippen molar-refractivity contribution in [1.82, 2.24) is 10.3 Å². The Morgan fingerprint density at radius 1 is 1.32 bits per heavy atom. The van der Waals surface area contributed by atoms with Gasteiger partial charge >= 0.3 is 0 Å². The maximum atomic E-state index is 9.52. The number of benzene rings is 1. The molecule has 2 rings (SSSR count). The van der Waals surface area contributed by atoms with E-state index < -0.39 is 6.10 Å². The molecule has 0 radical (unpaired) electrons. The SMILES string of the molecule is COCC(O)CNCCc1cccc2cccnc12. The van der Waals surface area contributed by atoms with E-state index >= 15 is 0 Å². The smallest absolute Gasteiger partial charge is 0.0897 e. The first-order chi connectivity index (χ1) is 9.31. The van der Waals surface area contributed by atoms with Crippen molar-refractivity contribution in [3.8, 4) is 0 Å². The van der Waals surface area contributed by atoms with Gasteiger partial charge in [0.1, 0.15) is 0 Å². The molecular formula is C15H20N2O2. The Balaban J connectivity index is 1.88. The first-order valence-electron chi connectivity index (χ1n) is 6.51. The van der Waals surface area contributed by atoms with Gasteiger partial charge in [0.05, 0.1) is 18.2 Å². The number of hydrogen-bond acceptors (Lipinski definition) is 4. The standard InChI is InChI=1S/C15H20N2O2/c1-19-11-14(18)10-16-9-7-13-5-2-4-12-6-3-8-17-15(12)13/h2-6,8,14,16,18H,7,9-11H2,1H3. The largest absolute Gasteiger partial charge is 0.389 e. The minimum atomic E-state index is -0.448. The van der Waals surface area contributed by atoms with Crippen molar-refractivity contribution >= 4 is 10.9 Å². The van der Waals surface area contributed by atoms with Gasteiger partial charge in [-0.2, -0.15) is 0 Å². The number of ether oxygens (including phenoxy) is 1. The molecule has 1 atom stereocenters. The van der Waals surface area contributed by atoms with Gasteiger partial charge in [-0.25, -0.2) is 0 Å². The highest BCUT2D eigenvalue weighted by Crippen LogP contribution is 2.15. The van der Waals surface area contributed by atoms with E-state index in [9.17, 15) is 5.11 Å². The van der Waals surface area contributed by atoms with E-state index in [4.69, 9.17) is 4.74 Å². The van der Waals surface area contributed by atoms with Crippen LogP contribution in [0.5, 0.6) is 0 Å². The molecule has 1 heterocycles. The fraction of sp³-hybridized carbons (Fsp3) is 0.400. The van der Waals surface area contributed by atoms with Crippen LogP contribution in [0.4, 0.5) is 0 Å². The molecule has 0 bridgehead atoms. The van der Waals surface area contributed by atoms with Crippen molar-refractivity contribution in [2.75, 3.05) is 26.8 Å². The van der Waals surface area contributed by atoms with E-state index in [0.29, 0.717) is 13.2 Å². The highest BCUT2D eigenvalue weighted by atomic mass is 16.5. The summed E-state index contributed by atoms with van der Waals surface area (Å²) in [6.45, 7) is 1.73. The monoisotopic (exact) mass is 260 g/mol. The lowest BCUT2D eigenvalue weighted by Crippen LogP contribution is -2.31. The summed E-state index contributed by atoms with van der Waals surface area (Å²) in [5.74, 6) is 0. The van der Waals surface area contributed by atoms with Crippen molar-refractivity contribution in [3.63, 3.8) is 0 Å². The first kappa shape index (κ1) is 13.9. The van der Waals surface area contributed by atoms with E-state index in [1.54, 1.807) is 7.11 Å². The Kier molecular flexibility index (Phi) is 5.27. The number of rotatable bonds is 7. The molecule has 4 nitrogen and oxygen atoms in total. The molecule has 0 spiro atoms. The molecule has 102 valence electrons. The van der Waals surface area contributed by atoms with Crippen molar-refractivity contribution in [3.05, 3.63) is 42.1 Å². The number of hydrogen-bond donors (Lipinski definition) is 2. The number of methoxy groups -OCH3 is 1. The van der Waals surface area contributed by atoms with Crippen LogP contribution in [-0.2, 0) is 11.2 Å². The third-order valence-corrected chi connectivity index (χ3v) is 3.03. The second kappa shape index (κ2) is 7.19.